The van der Waals surface area contributed by atoms with Crippen LogP contribution >= 0.6 is 11.6 Å². The maximum Gasteiger partial charge on any atom is 0.417 e. The number of aldehydes is 1. The number of carbonyl (C=O) groups excluding carboxylic acids is 1. The van der Waals surface area contributed by atoms with E-state index in [1.165, 1.54) is 24.4 Å². The summed E-state index contributed by atoms with van der Waals surface area (Å²) < 4.78 is 13.5. The maximum atomic E-state index is 13.5. The molecule has 2 aromatic heterocycles. The van der Waals surface area contributed by atoms with E-state index in [4.69, 9.17) is 11.6 Å². The van der Waals surface area contributed by atoms with Crippen LogP contribution in [-0.2, 0) is 0 Å². The van der Waals surface area contributed by atoms with Gasteiger partial charge in [0.15, 0.2) is 6.29 Å². The second-order valence-corrected chi connectivity index (χ2v) is 4.01. The molecule has 1 N–H and O–H groups in total. The molecule has 0 saturated carbocycles. The molecule has 0 atom stereocenters. The van der Waals surface area contributed by atoms with E-state index in [2.05, 4.69) is 9.97 Å². The van der Waals surface area contributed by atoms with Crippen LogP contribution in [0.15, 0.2) is 30.5 Å². The van der Waals surface area contributed by atoms with Crippen LogP contribution in [0.4, 0.5) is 20.7 Å². The highest BCUT2D eigenvalue weighted by atomic mass is 35.5. The van der Waals surface area contributed by atoms with Gasteiger partial charge in [-0.05, 0) is 24.3 Å². The molecule has 20 heavy (non-hydrogen) atoms. The molecule has 6 nitrogen and oxygen atoms in total. The van der Waals surface area contributed by atoms with Crippen LogP contribution in [0.1, 0.15) is 10.4 Å². The summed E-state index contributed by atoms with van der Waals surface area (Å²) in [5.41, 5.74) is -0.110. The van der Waals surface area contributed by atoms with E-state index in [9.17, 15) is 19.1 Å². The molecule has 2 rings (SSSR count). The summed E-state index contributed by atoms with van der Waals surface area (Å²) in [6.07, 6.45) is 0.130. The van der Waals surface area contributed by atoms with E-state index in [1.807, 2.05) is 0 Å². The molecule has 2 aromatic rings. The van der Waals surface area contributed by atoms with Gasteiger partial charge in [0.2, 0.25) is 5.95 Å². The quantitative estimate of drug-likeness (QED) is 0.695. The van der Waals surface area contributed by atoms with Gasteiger partial charge < -0.3 is 5.11 Å². The number of amides is 1. The fourth-order valence-corrected chi connectivity index (χ4v) is 1.60. The minimum absolute atomic E-state index is 0.146. The van der Waals surface area contributed by atoms with Gasteiger partial charge in [-0.2, -0.15) is 4.39 Å². The lowest BCUT2D eigenvalue weighted by Crippen LogP contribution is -2.25. The highest BCUT2D eigenvalue weighted by Gasteiger charge is 2.20. The number of rotatable bonds is 3. The van der Waals surface area contributed by atoms with Crippen LogP contribution < -0.4 is 4.90 Å². The zero-order valence-electron chi connectivity index (χ0n) is 9.83. The number of pyridine rings is 2. The Bertz CT molecular complexity index is 663. The number of carbonyl (C=O) groups is 2. The number of halogens is 2. The Morgan fingerprint density at radius 3 is 2.60 bits per heavy atom. The van der Waals surface area contributed by atoms with Gasteiger partial charge in [0.05, 0.1) is 17.4 Å². The van der Waals surface area contributed by atoms with Crippen LogP contribution in [0.25, 0.3) is 0 Å². The summed E-state index contributed by atoms with van der Waals surface area (Å²) in [5.74, 6) is -1.24. The molecule has 8 heteroatoms. The van der Waals surface area contributed by atoms with Crippen molar-refractivity contribution < 1.29 is 19.1 Å². The topological polar surface area (TPSA) is 83.4 Å². The van der Waals surface area contributed by atoms with Crippen molar-refractivity contribution in [3.8, 4) is 0 Å². The largest absolute Gasteiger partial charge is 0.464 e. The molecule has 0 aromatic carbocycles. The van der Waals surface area contributed by atoms with E-state index in [0.717, 1.165) is 11.0 Å². The first-order valence-electron chi connectivity index (χ1n) is 5.29. The third-order valence-corrected chi connectivity index (χ3v) is 2.60. The summed E-state index contributed by atoms with van der Waals surface area (Å²) in [4.78, 5) is 29.7. The predicted octanol–water partition coefficient (Wildman–Crippen LogP) is 2.90. The Kier molecular flexibility index (Phi) is 3.90. The van der Waals surface area contributed by atoms with Gasteiger partial charge >= 0.3 is 6.09 Å². The van der Waals surface area contributed by atoms with E-state index in [0.29, 0.717) is 6.29 Å². The zero-order valence-corrected chi connectivity index (χ0v) is 10.6. The van der Waals surface area contributed by atoms with E-state index < -0.39 is 12.0 Å². The minimum Gasteiger partial charge on any atom is -0.464 e. The van der Waals surface area contributed by atoms with E-state index >= 15 is 0 Å². The molecule has 0 aliphatic heterocycles. The second kappa shape index (κ2) is 5.62. The summed E-state index contributed by atoms with van der Waals surface area (Å²) >= 11 is 5.62. The Morgan fingerprint density at radius 1 is 1.35 bits per heavy atom. The highest BCUT2D eigenvalue weighted by molar-refractivity contribution is 6.29. The lowest BCUT2D eigenvalue weighted by Gasteiger charge is -2.18. The first kappa shape index (κ1) is 13.9. The zero-order chi connectivity index (χ0) is 14.7. The van der Waals surface area contributed by atoms with Gasteiger partial charge in [-0.15, -0.1) is 0 Å². The van der Waals surface area contributed by atoms with Crippen molar-refractivity contribution in [3.63, 3.8) is 0 Å². The third kappa shape index (κ3) is 2.72. The van der Waals surface area contributed by atoms with Crippen molar-refractivity contribution in [2.24, 2.45) is 0 Å². The number of aromatic nitrogens is 2. The van der Waals surface area contributed by atoms with E-state index in [1.54, 1.807) is 0 Å². The molecule has 0 radical (unpaired) electrons. The van der Waals surface area contributed by atoms with Gasteiger partial charge in [-0.25, -0.2) is 19.7 Å². The van der Waals surface area contributed by atoms with Crippen molar-refractivity contribution in [2.75, 3.05) is 4.90 Å². The Hall–Kier alpha value is -2.54. The average Bonchev–Trinajstić information content (AvgIpc) is 2.41. The van der Waals surface area contributed by atoms with Crippen molar-refractivity contribution in [2.45, 2.75) is 0 Å². The highest BCUT2D eigenvalue weighted by Crippen LogP contribution is 2.24. The number of nitrogens with zero attached hydrogens (tertiary/aromatic N) is 3. The molecular weight excluding hydrogens is 289 g/mol. The molecule has 0 bridgehead atoms. The average molecular weight is 296 g/mol. The monoisotopic (exact) mass is 295 g/mol. The van der Waals surface area contributed by atoms with Crippen LogP contribution in [0.2, 0.25) is 5.15 Å². The molecule has 2 heterocycles. The van der Waals surface area contributed by atoms with Gasteiger partial charge in [-0.1, -0.05) is 11.6 Å². The van der Waals surface area contributed by atoms with Crippen LogP contribution in [-0.4, -0.2) is 27.5 Å². The molecule has 102 valence electrons. The van der Waals surface area contributed by atoms with Crippen LogP contribution in [0.5, 0.6) is 0 Å². The number of carboxylic acid groups (broad SMARTS) is 1. The molecule has 0 aliphatic carbocycles. The van der Waals surface area contributed by atoms with Crippen molar-refractivity contribution in [1.29, 1.82) is 0 Å². The van der Waals surface area contributed by atoms with Crippen LogP contribution in [0.3, 0.4) is 0 Å². The standard InChI is InChI=1S/C12H7ClFN3O3/c13-9-3-2-8(5-15-9)17(12(19)20)10-4-1-7(6-18)11(14)16-10/h1-6H,(H,19,20). The fraction of sp³-hybridized carbons (Fsp3) is 0. The Balaban J connectivity index is 2.48. The fourth-order valence-electron chi connectivity index (χ4n) is 1.49. The molecular formula is C12H7ClFN3O3. The van der Waals surface area contributed by atoms with Crippen molar-refractivity contribution in [3.05, 3.63) is 47.1 Å². The molecule has 0 fully saturated rings. The van der Waals surface area contributed by atoms with Gasteiger partial charge in [0.25, 0.3) is 0 Å². The number of hydrogen-bond donors (Lipinski definition) is 1. The second-order valence-electron chi connectivity index (χ2n) is 3.62. The lowest BCUT2D eigenvalue weighted by molar-refractivity contribution is 0.111. The van der Waals surface area contributed by atoms with Gasteiger partial charge in [0.1, 0.15) is 11.0 Å². The number of hydrogen-bond acceptors (Lipinski definition) is 4. The number of anilines is 2. The minimum atomic E-state index is -1.38. The van der Waals surface area contributed by atoms with Gasteiger partial charge in [0, 0.05) is 0 Å². The van der Waals surface area contributed by atoms with Gasteiger partial charge in [-0.3, -0.25) is 4.79 Å². The third-order valence-electron chi connectivity index (χ3n) is 2.38. The summed E-state index contributed by atoms with van der Waals surface area (Å²) in [6, 6.07) is 5.15. The first-order valence-corrected chi connectivity index (χ1v) is 5.67. The maximum absolute atomic E-state index is 13.5. The Morgan fingerprint density at radius 2 is 2.10 bits per heavy atom. The predicted molar refractivity (Wildman–Crippen MR) is 69.0 cm³/mol. The molecule has 0 saturated heterocycles. The molecule has 1 amide bonds. The SMILES string of the molecule is O=Cc1ccc(N(C(=O)O)c2ccc(Cl)nc2)nc1F. The first-order chi connectivity index (χ1) is 9.52. The summed E-state index contributed by atoms with van der Waals surface area (Å²) in [5, 5.41) is 9.39. The normalized spacial score (nSPS) is 10.1. The lowest BCUT2D eigenvalue weighted by atomic mass is 10.3. The molecule has 0 spiro atoms. The van der Waals surface area contributed by atoms with Crippen molar-refractivity contribution >= 4 is 35.5 Å². The van der Waals surface area contributed by atoms with Crippen molar-refractivity contribution in [1.82, 2.24) is 9.97 Å². The molecule has 0 unspecified atom stereocenters. The molecule has 0 aliphatic rings. The summed E-state index contributed by atoms with van der Waals surface area (Å²) in [7, 11) is 0. The summed E-state index contributed by atoms with van der Waals surface area (Å²) in [6.45, 7) is 0. The van der Waals surface area contributed by atoms with E-state index in [-0.39, 0.29) is 22.2 Å². The smallest absolute Gasteiger partial charge is 0.417 e. The van der Waals surface area contributed by atoms with Crippen LogP contribution in [0, 0.1) is 5.95 Å². The Labute approximate surface area is 117 Å².